The zero-order chi connectivity index (χ0) is 42.7. The van der Waals surface area contributed by atoms with E-state index in [0.717, 1.165) is 58.9 Å². The number of alkyl carbamates (subject to hydrolysis) is 2. The van der Waals surface area contributed by atoms with Crippen molar-refractivity contribution in [1.82, 2.24) is 50.6 Å². The molecule has 4 aromatic carbocycles. The van der Waals surface area contributed by atoms with Crippen LogP contribution in [0.1, 0.15) is 72.6 Å². The average Bonchev–Trinajstić information content (AvgIpc) is 4.16. The van der Waals surface area contributed by atoms with Gasteiger partial charge in [0.05, 0.1) is 59.8 Å². The van der Waals surface area contributed by atoms with Gasteiger partial charge in [-0.1, -0.05) is 72.8 Å². The summed E-state index contributed by atoms with van der Waals surface area (Å²) >= 11 is 0. The number of H-pyrrole nitrogens is 2. The van der Waals surface area contributed by atoms with Crippen LogP contribution in [0.3, 0.4) is 0 Å². The minimum atomic E-state index is -0.904. The molecule has 4 N–H and O–H groups in total. The van der Waals surface area contributed by atoms with E-state index < -0.39 is 24.3 Å². The number of nitrogens with zero attached hydrogens (tertiary/aromatic N) is 6. The molecule has 7 aromatic rings. The quantitative estimate of drug-likeness (QED) is 0.110. The molecule has 4 amide bonds. The summed E-state index contributed by atoms with van der Waals surface area (Å²) in [5.41, 5.74) is 7.48. The Morgan fingerprint density at radius 2 is 1.02 bits per heavy atom. The molecule has 9 rings (SSSR count). The molecule has 2 aliphatic heterocycles. The highest BCUT2D eigenvalue weighted by Gasteiger charge is 2.38. The maximum absolute atomic E-state index is 14.0. The number of aromatic nitrogens is 6. The van der Waals surface area contributed by atoms with Gasteiger partial charge >= 0.3 is 12.2 Å². The summed E-state index contributed by atoms with van der Waals surface area (Å²) in [6.07, 6.45) is 1.67. The lowest BCUT2D eigenvalue weighted by Gasteiger charge is -2.28. The number of hydrogen-bond donors (Lipinski definition) is 4. The summed E-state index contributed by atoms with van der Waals surface area (Å²) in [4.78, 5) is 72.7. The van der Waals surface area contributed by atoms with Crippen molar-refractivity contribution >= 4 is 46.1 Å². The number of rotatable bonds is 10. The first-order chi connectivity index (χ1) is 30.3. The third-order valence-electron chi connectivity index (χ3n) is 11.6. The number of likely N-dealkylation sites (tertiary alicyclic amines) is 2. The van der Waals surface area contributed by atoms with E-state index in [1.54, 1.807) is 9.80 Å². The summed E-state index contributed by atoms with van der Waals surface area (Å²) in [6, 6.07) is 31.4. The molecule has 0 spiro atoms. The van der Waals surface area contributed by atoms with E-state index in [0.29, 0.717) is 47.3 Å². The van der Waals surface area contributed by atoms with Crippen LogP contribution in [0.2, 0.25) is 0 Å². The van der Waals surface area contributed by atoms with Crippen LogP contribution in [0.15, 0.2) is 109 Å². The summed E-state index contributed by atoms with van der Waals surface area (Å²) in [6.45, 7) is 1.06. The Bertz CT molecular complexity index is 2570. The van der Waals surface area contributed by atoms with Crippen molar-refractivity contribution in [2.24, 2.45) is 0 Å². The van der Waals surface area contributed by atoms with Crippen molar-refractivity contribution in [3.8, 4) is 22.5 Å². The number of imidazole rings is 2. The molecule has 16 nitrogen and oxygen atoms in total. The second-order valence-corrected chi connectivity index (χ2v) is 15.4. The van der Waals surface area contributed by atoms with Crippen LogP contribution >= 0.6 is 0 Å². The smallest absolute Gasteiger partial charge is 0.407 e. The van der Waals surface area contributed by atoms with Gasteiger partial charge in [0.25, 0.3) is 11.8 Å². The first-order valence-electron chi connectivity index (χ1n) is 20.5. The Balaban J connectivity index is 0.910. The van der Waals surface area contributed by atoms with Crippen LogP contribution < -0.4 is 10.6 Å². The third-order valence-corrected chi connectivity index (χ3v) is 11.6. The van der Waals surface area contributed by atoms with Crippen molar-refractivity contribution in [3.05, 3.63) is 132 Å². The molecule has 62 heavy (non-hydrogen) atoms. The Kier molecular flexibility index (Phi) is 11.0. The molecule has 4 atom stereocenters. The van der Waals surface area contributed by atoms with Gasteiger partial charge < -0.3 is 39.9 Å². The first-order valence-corrected chi connectivity index (χ1v) is 20.5. The number of fused-ring (bicyclic) bond motifs is 2. The fourth-order valence-corrected chi connectivity index (χ4v) is 8.51. The van der Waals surface area contributed by atoms with Crippen LogP contribution in [-0.2, 0) is 19.1 Å². The highest BCUT2D eigenvalue weighted by Crippen LogP contribution is 2.36. The molecular formula is C46H44N10O6. The van der Waals surface area contributed by atoms with Gasteiger partial charge in [0.15, 0.2) is 0 Å². The number of ether oxygens (including phenoxy) is 2. The Hall–Kier alpha value is -7.62. The molecule has 314 valence electrons. The van der Waals surface area contributed by atoms with Gasteiger partial charge in [0, 0.05) is 24.2 Å². The molecule has 0 saturated carbocycles. The highest BCUT2D eigenvalue weighted by molar-refractivity contribution is 5.89. The molecule has 0 aliphatic carbocycles. The second kappa shape index (κ2) is 17.2. The molecule has 16 heteroatoms. The molecule has 5 heterocycles. The second-order valence-electron chi connectivity index (χ2n) is 15.4. The van der Waals surface area contributed by atoms with Gasteiger partial charge in [0.1, 0.15) is 23.7 Å². The minimum absolute atomic E-state index is 0.233. The lowest BCUT2D eigenvalue weighted by Crippen LogP contribution is -2.42. The summed E-state index contributed by atoms with van der Waals surface area (Å²) < 4.78 is 9.67. The molecule has 2 saturated heterocycles. The maximum atomic E-state index is 14.0. The molecule has 3 aromatic heterocycles. The normalized spacial score (nSPS) is 17.2. The topological polar surface area (TPSA) is 200 Å². The van der Waals surface area contributed by atoms with Crippen LogP contribution in [-0.4, -0.2) is 91.2 Å². The largest absolute Gasteiger partial charge is 0.453 e. The fraction of sp³-hybridized carbons (Fsp3) is 0.261. The molecular weight excluding hydrogens is 789 g/mol. The van der Waals surface area contributed by atoms with Crippen LogP contribution in [0.25, 0.3) is 44.6 Å². The monoisotopic (exact) mass is 832 g/mol. The number of amides is 4. The Morgan fingerprint density at radius 3 is 1.40 bits per heavy atom. The van der Waals surface area contributed by atoms with Gasteiger partial charge in [-0.3, -0.25) is 9.59 Å². The summed E-state index contributed by atoms with van der Waals surface area (Å²) in [5.74, 6) is 0.879. The fourth-order valence-electron chi connectivity index (χ4n) is 8.51. The Morgan fingerprint density at radius 1 is 0.597 bits per heavy atom. The maximum Gasteiger partial charge on any atom is 0.407 e. The van der Waals surface area contributed by atoms with Crippen molar-refractivity contribution < 1.29 is 28.7 Å². The van der Waals surface area contributed by atoms with Crippen LogP contribution in [0.4, 0.5) is 9.59 Å². The van der Waals surface area contributed by atoms with Gasteiger partial charge in [-0.25, -0.2) is 19.6 Å². The lowest BCUT2D eigenvalue weighted by atomic mass is 10.1. The predicted molar refractivity (Wildman–Crippen MR) is 229 cm³/mol. The number of methoxy groups -OCH3 is 2. The zero-order valence-electron chi connectivity index (χ0n) is 34.1. The number of aromatic amines is 2. The number of benzene rings is 4. The summed E-state index contributed by atoms with van der Waals surface area (Å²) in [5, 5.41) is 14.6. The van der Waals surface area contributed by atoms with Gasteiger partial charge in [-0.15, -0.1) is 10.2 Å². The molecule has 0 radical (unpaired) electrons. The molecule has 0 bridgehead atoms. The highest BCUT2D eigenvalue weighted by atomic mass is 16.5. The van der Waals surface area contributed by atoms with Gasteiger partial charge in [-0.2, -0.15) is 0 Å². The predicted octanol–water partition coefficient (Wildman–Crippen LogP) is 7.08. The first kappa shape index (κ1) is 39.8. The Labute approximate surface area is 356 Å². The van der Waals surface area contributed by atoms with E-state index in [-0.39, 0.29) is 23.9 Å². The number of carbonyl (C=O) groups excluding carboxylic acids is 4. The van der Waals surface area contributed by atoms with Gasteiger partial charge in [0.2, 0.25) is 0 Å². The third kappa shape index (κ3) is 7.89. The van der Waals surface area contributed by atoms with Crippen molar-refractivity contribution in [2.45, 2.75) is 49.9 Å². The van der Waals surface area contributed by atoms with Crippen LogP contribution in [0, 0.1) is 0 Å². The number of nitrogens with one attached hydrogen (secondary N) is 4. The molecule has 2 fully saturated rings. The standard InChI is InChI=1S/C46H44N10O6/c1-61-45(59)51-39(27-11-5-3-6-12-27)43(57)55-23-9-15-37(55)41-47-33-19-17-29(25-35(33)49-41)31-21-22-32(54-53-31)30-18-20-34-36(26-30)50-42(48-34)38-16-10-24-56(38)44(58)40(52-46(60)62-2)28-13-7-4-8-14-28/h3-8,11-14,17-22,25-26,37-40H,9-10,15-16,23-24H2,1-2H3,(H,47,49)(H,48,50)(H,51,59)(H,52,60). The lowest BCUT2D eigenvalue weighted by molar-refractivity contribution is -0.135. The van der Waals surface area contributed by atoms with E-state index in [1.807, 2.05) is 109 Å². The van der Waals surface area contributed by atoms with Crippen molar-refractivity contribution in [1.29, 1.82) is 0 Å². The average molecular weight is 833 g/mol. The zero-order valence-corrected chi connectivity index (χ0v) is 34.1. The SMILES string of the molecule is COC(=O)NC(C(=O)N1CCCC1c1nc2ccc(-c3ccc(-c4ccc5nc(C6CCCN6C(=O)C(NC(=O)OC)c6ccccc6)[nH]c5c4)nn3)cc2[nH]1)c1ccccc1. The summed E-state index contributed by atoms with van der Waals surface area (Å²) in [7, 11) is 2.55. The van der Waals surface area contributed by atoms with E-state index in [1.165, 1.54) is 14.2 Å². The molecule has 4 unspecified atom stereocenters. The van der Waals surface area contributed by atoms with E-state index in [9.17, 15) is 19.2 Å². The van der Waals surface area contributed by atoms with E-state index in [4.69, 9.17) is 19.4 Å². The van der Waals surface area contributed by atoms with Gasteiger partial charge in [-0.05, 0) is 73.2 Å². The van der Waals surface area contributed by atoms with Crippen molar-refractivity contribution in [2.75, 3.05) is 27.3 Å². The molecule has 2 aliphatic rings. The van der Waals surface area contributed by atoms with E-state index in [2.05, 4.69) is 30.8 Å². The minimum Gasteiger partial charge on any atom is -0.453 e. The van der Waals surface area contributed by atoms with E-state index >= 15 is 0 Å². The van der Waals surface area contributed by atoms with Crippen LogP contribution in [0.5, 0.6) is 0 Å². The van der Waals surface area contributed by atoms with Crippen molar-refractivity contribution in [3.63, 3.8) is 0 Å². The number of hydrogen-bond acceptors (Lipinski definition) is 10. The number of carbonyl (C=O) groups is 4.